The molecule has 1 aromatic heterocycles. The Bertz CT molecular complexity index is 1100. The van der Waals surface area contributed by atoms with Crippen LogP contribution in [0.5, 0.6) is 0 Å². The molecule has 5 heteroatoms. The number of nitrogens with zero attached hydrogens (tertiary/aromatic N) is 2. The summed E-state index contributed by atoms with van der Waals surface area (Å²) in [6.07, 6.45) is 4.85. The van der Waals surface area contributed by atoms with Gasteiger partial charge in [-0.15, -0.1) is 0 Å². The Labute approximate surface area is 199 Å². The summed E-state index contributed by atoms with van der Waals surface area (Å²) < 4.78 is 0. The van der Waals surface area contributed by atoms with Crippen LogP contribution in [0.1, 0.15) is 61.0 Å². The van der Waals surface area contributed by atoms with Crippen molar-refractivity contribution in [2.24, 2.45) is 11.8 Å². The van der Waals surface area contributed by atoms with Crippen molar-refractivity contribution in [2.45, 2.75) is 44.2 Å². The third kappa shape index (κ3) is 4.16. The lowest BCUT2D eigenvalue weighted by Gasteiger charge is -2.48. The first-order chi connectivity index (χ1) is 15.5. The zero-order valence-electron chi connectivity index (χ0n) is 18.0. The molecule has 2 aliphatic rings. The van der Waals surface area contributed by atoms with E-state index in [1.54, 1.807) is 0 Å². The fraction of sp³-hybridized carbons (Fsp3) is 0.333. The predicted molar refractivity (Wildman–Crippen MR) is 129 cm³/mol. The maximum Gasteiger partial charge on any atom is 0.226 e. The average molecular weight is 465 g/mol. The van der Waals surface area contributed by atoms with Gasteiger partial charge in [0.2, 0.25) is 5.91 Å². The Hall–Kier alpha value is -2.36. The molecule has 4 atom stereocenters. The van der Waals surface area contributed by atoms with Gasteiger partial charge in [0.05, 0.1) is 17.8 Å². The SMILES string of the molecule is CC1CC(c2cccc(Cl)c2)[C@@H](c2ccc(Cl)cc2)N([C@H](c2ccccn2)C2CC2)C1=O. The van der Waals surface area contributed by atoms with Crippen molar-refractivity contribution >= 4 is 29.1 Å². The van der Waals surface area contributed by atoms with Gasteiger partial charge in [0.25, 0.3) is 0 Å². The van der Waals surface area contributed by atoms with Crippen LogP contribution in [0.15, 0.2) is 72.9 Å². The minimum Gasteiger partial charge on any atom is -0.326 e. The molecule has 2 unspecified atom stereocenters. The highest BCUT2D eigenvalue weighted by Crippen LogP contribution is 2.53. The number of piperidine rings is 1. The summed E-state index contributed by atoms with van der Waals surface area (Å²) in [5, 5.41) is 1.41. The lowest BCUT2D eigenvalue weighted by Crippen LogP contribution is -2.48. The number of amides is 1. The summed E-state index contributed by atoms with van der Waals surface area (Å²) >= 11 is 12.6. The minimum absolute atomic E-state index is 0.0335. The Kier molecular flexibility index (Phi) is 5.96. The molecule has 32 heavy (non-hydrogen) atoms. The molecule has 2 fully saturated rings. The first-order valence-electron chi connectivity index (χ1n) is 11.3. The Balaban J connectivity index is 1.67. The van der Waals surface area contributed by atoms with E-state index in [1.165, 1.54) is 0 Å². The van der Waals surface area contributed by atoms with Crippen molar-refractivity contribution in [1.82, 2.24) is 9.88 Å². The van der Waals surface area contributed by atoms with Gasteiger partial charge in [-0.3, -0.25) is 9.78 Å². The molecular formula is C27H26Cl2N2O. The molecule has 164 valence electrons. The van der Waals surface area contributed by atoms with E-state index in [1.807, 2.05) is 55.6 Å². The normalized spacial score (nSPS) is 24.4. The molecule has 0 radical (unpaired) electrons. The Morgan fingerprint density at radius 1 is 0.938 bits per heavy atom. The number of likely N-dealkylation sites (tertiary alicyclic amines) is 1. The van der Waals surface area contributed by atoms with Gasteiger partial charge in [-0.05, 0) is 72.7 Å². The van der Waals surface area contributed by atoms with Crippen LogP contribution >= 0.6 is 23.2 Å². The summed E-state index contributed by atoms with van der Waals surface area (Å²) in [5.74, 6) is 0.694. The van der Waals surface area contributed by atoms with Gasteiger partial charge in [-0.1, -0.05) is 60.5 Å². The Morgan fingerprint density at radius 2 is 1.72 bits per heavy atom. The summed E-state index contributed by atoms with van der Waals surface area (Å²) in [6.45, 7) is 2.05. The van der Waals surface area contributed by atoms with Crippen LogP contribution < -0.4 is 0 Å². The van der Waals surface area contributed by atoms with E-state index >= 15 is 0 Å². The van der Waals surface area contributed by atoms with Crippen molar-refractivity contribution in [3.63, 3.8) is 0 Å². The number of aromatic nitrogens is 1. The molecule has 0 N–H and O–H groups in total. The monoisotopic (exact) mass is 464 g/mol. The summed E-state index contributed by atoms with van der Waals surface area (Å²) in [7, 11) is 0. The Morgan fingerprint density at radius 3 is 2.38 bits per heavy atom. The van der Waals surface area contributed by atoms with Crippen molar-refractivity contribution in [1.29, 1.82) is 0 Å². The number of pyridine rings is 1. The zero-order chi connectivity index (χ0) is 22.2. The minimum atomic E-state index is -0.109. The molecule has 1 amide bonds. The van der Waals surface area contributed by atoms with Crippen LogP contribution in [0.3, 0.4) is 0 Å². The maximum atomic E-state index is 13.8. The summed E-state index contributed by atoms with van der Waals surface area (Å²) in [5.41, 5.74) is 3.24. The fourth-order valence-electron chi connectivity index (χ4n) is 5.19. The summed E-state index contributed by atoms with van der Waals surface area (Å²) in [6, 6.07) is 21.9. The molecule has 5 rings (SSSR count). The number of hydrogen-bond acceptors (Lipinski definition) is 2. The molecule has 0 bridgehead atoms. The van der Waals surface area contributed by atoms with Crippen LogP contribution in [-0.4, -0.2) is 15.8 Å². The lowest BCUT2D eigenvalue weighted by atomic mass is 9.75. The third-order valence-electron chi connectivity index (χ3n) is 6.81. The molecule has 1 aliphatic carbocycles. The number of benzene rings is 2. The number of hydrogen-bond donors (Lipinski definition) is 0. The second kappa shape index (κ2) is 8.88. The first-order valence-corrected chi connectivity index (χ1v) is 12.0. The smallest absolute Gasteiger partial charge is 0.226 e. The fourth-order valence-corrected chi connectivity index (χ4v) is 5.51. The number of halogens is 2. The van der Waals surface area contributed by atoms with Gasteiger partial charge in [-0.25, -0.2) is 0 Å². The standard InChI is InChI=1S/C27H26Cl2N2O/c1-17-15-23(20-5-4-6-22(29)16-20)25(18-10-12-21(28)13-11-18)31(27(17)32)26(19-8-9-19)24-7-2-3-14-30-24/h2-7,10-14,16-17,19,23,25-26H,8-9,15H2,1H3/t17?,23?,25-,26+/m1/s1. The molecule has 3 nitrogen and oxygen atoms in total. The second-order valence-electron chi connectivity index (χ2n) is 9.08. The van der Waals surface area contributed by atoms with Crippen LogP contribution in [0.4, 0.5) is 0 Å². The van der Waals surface area contributed by atoms with E-state index in [-0.39, 0.29) is 29.8 Å². The van der Waals surface area contributed by atoms with Crippen molar-refractivity contribution in [3.05, 3.63) is 99.8 Å². The maximum absolute atomic E-state index is 13.8. The van der Waals surface area contributed by atoms with Crippen LogP contribution in [-0.2, 0) is 4.79 Å². The first kappa shape index (κ1) is 21.5. The van der Waals surface area contributed by atoms with Gasteiger partial charge in [0, 0.05) is 28.1 Å². The van der Waals surface area contributed by atoms with E-state index in [0.717, 1.165) is 41.1 Å². The van der Waals surface area contributed by atoms with E-state index < -0.39 is 0 Å². The molecule has 2 heterocycles. The van der Waals surface area contributed by atoms with Gasteiger partial charge < -0.3 is 4.90 Å². The van der Waals surface area contributed by atoms with Crippen LogP contribution in [0.2, 0.25) is 10.0 Å². The molecular weight excluding hydrogens is 439 g/mol. The number of carbonyl (C=O) groups excluding carboxylic acids is 1. The average Bonchev–Trinajstić information content (AvgIpc) is 3.63. The van der Waals surface area contributed by atoms with Gasteiger partial charge in [0.15, 0.2) is 0 Å². The second-order valence-corrected chi connectivity index (χ2v) is 9.95. The third-order valence-corrected chi connectivity index (χ3v) is 7.30. The molecule has 1 saturated carbocycles. The number of rotatable bonds is 5. The summed E-state index contributed by atoms with van der Waals surface area (Å²) in [4.78, 5) is 20.6. The van der Waals surface area contributed by atoms with E-state index in [2.05, 4.69) is 29.2 Å². The van der Waals surface area contributed by atoms with E-state index in [9.17, 15) is 4.79 Å². The zero-order valence-corrected chi connectivity index (χ0v) is 19.5. The number of carbonyl (C=O) groups is 1. The quantitative estimate of drug-likeness (QED) is 0.398. The molecule has 2 aromatic carbocycles. The van der Waals surface area contributed by atoms with Crippen molar-refractivity contribution < 1.29 is 4.79 Å². The molecule has 1 aliphatic heterocycles. The van der Waals surface area contributed by atoms with E-state index in [0.29, 0.717) is 10.9 Å². The van der Waals surface area contributed by atoms with Crippen LogP contribution in [0, 0.1) is 11.8 Å². The molecule has 0 spiro atoms. The highest BCUT2D eigenvalue weighted by Gasteiger charge is 2.49. The predicted octanol–water partition coefficient (Wildman–Crippen LogP) is 7.23. The molecule has 1 saturated heterocycles. The van der Waals surface area contributed by atoms with Gasteiger partial charge in [-0.2, -0.15) is 0 Å². The lowest BCUT2D eigenvalue weighted by molar-refractivity contribution is -0.147. The van der Waals surface area contributed by atoms with E-state index in [4.69, 9.17) is 28.2 Å². The highest BCUT2D eigenvalue weighted by atomic mass is 35.5. The highest BCUT2D eigenvalue weighted by molar-refractivity contribution is 6.30. The topological polar surface area (TPSA) is 33.2 Å². The van der Waals surface area contributed by atoms with Crippen molar-refractivity contribution in [2.75, 3.05) is 0 Å². The van der Waals surface area contributed by atoms with Gasteiger partial charge in [0.1, 0.15) is 0 Å². The van der Waals surface area contributed by atoms with Crippen molar-refractivity contribution in [3.8, 4) is 0 Å². The van der Waals surface area contributed by atoms with Crippen LogP contribution in [0.25, 0.3) is 0 Å². The van der Waals surface area contributed by atoms with Gasteiger partial charge >= 0.3 is 0 Å². The molecule has 3 aromatic rings. The largest absolute Gasteiger partial charge is 0.326 e.